The Morgan fingerprint density at radius 1 is 1.33 bits per heavy atom. The van der Waals surface area contributed by atoms with Crippen molar-refractivity contribution < 1.29 is 4.74 Å². The van der Waals surface area contributed by atoms with E-state index in [4.69, 9.17) is 10.00 Å². The Morgan fingerprint density at radius 3 is 2.67 bits per heavy atom. The van der Waals surface area contributed by atoms with Crippen LogP contribution in [0.3, 0.4) is 0 Å². The molecule has 2 nitrogen and oxygen atoms in total. The van der Waals surface area contributed by atoms with Gasteiger partial charge in [-0.2, -0.15) is 17.0 Å². The third kappa shape index (κ3) is 4.75. The molecule has 0 N–H and O–H groups in total. The molecule has 80 valence electrons. The molecule has 0 atom stereocenters. The van der Waals surface area contributed by atoms with E-state index in [9.17, 15) is 0 Å². The first-order valence-corrected chi connectivity index (χ1v) is 6.23. The second-order valence-corrected chi connectivity index (χ2v) is 4.43. The van der Waals surface area contributed by atoms with Gasteiger partial charge in [0, 0.05) is 0 Å². The minimum absolute atomic E-state index is 0.670. The van der Waals surface area contributed by atoms with Gasteiger partial charge in [0.15, 0.2) is 0 Å². The van der Waals surface area contributed by atoms with Gasteiger partial charge in [0.25, 0.3) is 0 Å². The Bertz CT molecular complexity index is 315. The topological polar surface area (TPSA) is 33.0 Å². The Hall–Kier alpha value is -1.14. The quantitative estimate of drug-likeness (QED) is 0.692. The third-order valence-electron chi connectivity index (χ3n) is 1.89. The SMILES string of the molecule is CCSCCCOc1ccc(C#N)cc1. The highest BCUT2D eigenvalue weighted by molar-refractivity contribution is 7.99. The maximum atomic E-state index is 8.61. The van der Waals surface area contributed by atoms with Crippen LogP contribution in [0.2, 0.25) is 0 Å². The first-order chi connectivity index (χ1) is 7.36. The summed E-state index contributed by atoms with van der Waals surface area (Å²) < 4.78 is 5.53. The van der Waals surface area contributed by atoms with Crippen LogP contribution < -0.4 is 4.74 Å². The van der Waals surface area contributed by atoms with Gasteiger partial charge in [-0.25, -0.2) is 0 Å². The van der Waals surface area contributed by atoms with Crippen molar-refractivity contribution in [1.29, 1.82) is 5.26 Å². The number of benzene rings is 1. The lowest BCUT2D eigenvalue weighted by Gasteiger charge is -2.05. The average molecular weight is 221 g/mol. The maximum absolute atomic E-state index is 8.61. The van der Waals surface area contributed by atoms with Crippen LogP contribution in [-0.4, -0.2) is 18.1 Å². The van der Waals surface area contributed by atoms with Crippen LogP contribution in [-0.2, 0) is 0 Å². The molecule has 0 saturated carbocycles. The fraction of sp³-hybridized carbons (Fsp3) is 0.417. The molecule has 0 aromatic heterocycles. The predicted molar refractivity (Wildman–Crippen MR) is 64.3 cm³/mol. The fourth-order valence-corrected chi connectivity index (χ4v) is 1.73. The zero-order valence-corrected chi connectivity index (χ0v) is 9.72. The molecule has 0 fully saturated rings. The number of ether oxygens (including phenoxy) is 1. The van der Waals surface area contributed by atoms with E-state index in [1.54, 1.807) is 12.1 Å². The van der Waals surface area contributed by atoms with Crippen molar-refractivity contribution in [3.8, 4) is 11.8 Å². The summed E-state index contributed by atoms with van der Waals surface area (Å²) in [5.74, 6) is 3.15. The summed E-state index contributed by atoms with van der Waals surface area (Å²) in [7, 11) is 0. The molecular weight excluding hydrogens is 206 g/mol. The summed E-state index contributed by atoms with van der Waals surface area (Å²) in [5, 5.41) is 8.61. The molecule has 0 radical (unpaired) electrons. The molecule has 3 heteroatoms. The van der Waals surface area contributed by atoms with Crippen molar-refractivity contribution in [2.24, 2.45) is 0 Å². The van der Waals surface area contributed by atoms with E-state index in [-0.39, 0.29) is 0 Å². The second kappa shape index (κ2) is 7.19. The summed E-state index contributed by atoms with van der Waals surface area (Å²) >= 11 is 1.93. The minimum Gasteiger partial charge on any atom is -0.494 e. The molecule has 0 unspecified atom stereocenters. The van der Waals surface area contributed by atoms with E-state index in [0.29, 0.717) is 5.56 Å². The lowest BCUT2D eigenvalue weighted by Crippen LogP contribution is -1.98. The number of nitriles is 1. The summed E-state index contributed by atoms with van der Waals surface area (Å²) in [6.07, 6.45) is 1.07. The van der Waals surface area contributed by atoms with Gasteiger partial charge in [-0.05, 0) is 42.2 Å². The molecular formula is C12H15NOS. The number of rotatable bonds is 6. The molecule has 1 aromatic rings. The standard InChI is InChI=1S/C12H15NOS/c1-2-15-9-3-8-14-12-6-4-11(10-13)5-7-12/h4-7H,2-3,8-9H2,1H3. The third-order valence-corrected chi connectivity index (χ3v) is 2.87. The molecule has 0 bridgehead atoms. The van der Waals surface area contributed by atoms with E-state index >= 15 is 0 Å². The Kier molecular flexibility index (Phi) is 5.72. The predicted octanol–water partition coefficient (Wildman–Crippen LogP) is 3.08. The van der Waals surface area contributed by atoms with Crippen LogP contribution in [0.15, 0.2) is 24.3 Å². The van der Waals surface area contributed by atoms with Crippen molar-refractivity contribution in [2.45, 2.75) is 13.3 Å². The van der Waals surface area contributed by atoms with Gasteiger partial charge in [0.2, 0.25) is 0 Å². The van der Waals surface area contributed by atoms with Crippen molar-refractivity contribution in [3.05, 3.63) is 29.8 Å². The van der Waals surface area contributed by atoms with Gasteiger partial charge < -0.3 is 4.74 Å². The first kappa shape index (κ1) is 11.9. The summed E-state index contributed by atoms with van der Waals surface area (Å²) in [6, 6.07) is 9.30. The Balaban J connectivity index is 2.23. The number of nitrogens with zero attached hydrogens (tertiary/aromatic N) is 1. The smallest absolute Gasteiger partial charge is 0.119 e. The van der Waals surface area contributed by atoms with Gasteiger partial charge in [-0.3, -0.25) is 0 Å². The zero-order chi connectivity index (χ0) is 10.9. The fourth-order valence-electron chi connectivity index (χ4n) is 1.12. The largest absolute Gasteiger partial charge is 0.494 e. The van der Waals surface area contributed by atoms with Crippen LogP contribution in [0.4, 0.5) is 0 Å². The Morgan fingerprint density at radius 2 is 2.07 bits per heavy atom. The first-order valence-electron chi connectivity index (χ1n) is 5.07. The zero-order valence-electron chi connectivity index (χ0n) is 8.90. The van der Waals surface area contributed by atoms with Crippen molar-refractivity contribution >= 4 is 11.8 Å². The van der Waals surface area contributed by atoms with Gasteiger partial charge >= 0.3 is 0 Å². The molecule has 0 spiro atoms. The molecule has 0 aliphatic rings. The van der Waals surface area contributed by atoms with Crippen LogP contribution >= 0.6 is 11.8 Å². The molecule has 0 saturated heterocycles. The highest BCUT2D eigenvalue weighted by Gasteiger charge is 1.94. The van der Waals surface area contributed by atoms with E-state index in [0.717, 1.165) is 30.3 Å². The van der Waals surface area contributed by atoms with Gasteiger partial charge in [0.1, 0.15) is 5.75 Å². The molecule has 0 amide bonds. The van der Waals surface area contributed by atoms with Crippen LogP contribution in [0.1, 0.15) is 18.9 Å². The van der Waals surface area contributed by atoms with Gasteiger partial charge in [-0.15, -0.1) is 0 Å². The van der Waals surface area contributed by atoms with E-state index in [2.05, 4.69) is 13.0 Å². The second-order valence-electron chi connectivity index (χ2n) is 3.04. The number of hydrogen-bond donors (Lipinski definition) is 0. The highest BCUT2D eigenvalue weighted by atomic mass is 32.2. The monoisotopic (exact) mass is 221 g/mol. The highest BCUT2D eigenvalue weighted by Crippen LogP contribution is 2.12. The lowest BCUT2D eigenvalue weighted by atomic mass is 10.2. The number of hydrogen-bond acceptors (Lipinski definition) is 3. The van der Waals surface area contributed by atoms with E-state index in [1.807, 2.05) is 23.9 Å². The summed E-state index contributed by atoms with van der Waals surface area (Å²) in [4.78, 5) is 0. The van der Waals surface area contributed by atoms with Crippen molar-refractivity contribution in [2.75, 3.05) is 18.1 Å². The molecule has 1 rings (SSSR count). The molecule has 0 heterocycles. The summed E-state index contributed by atoms with van der Waals surface area (Å²) in [5.41, 5.74) is 0.670. The lowest BCUT2D eigenvalue weighted by molar-refractivity contribution is 0.318. The van der Waals surface area contributed by atoms with Crippen LogP contribution in [0, 0.1) is 11.3 Å². The van der Waals surface area contributed by atoms with Gasteiger partial charge in [-0.1, -0.05) is 6.92 Å². The van der Waals surface area contributed by atoms with Crippen molar-refractivity contribution in [3.63, 3.8) is 0 Å². The summed E-state index contributed by atoms with van der Waals surface area (Å²) in [6.45, 7) is 2.91. The number of thioether (sulfide) groups is 1. The molecule has 15 heavy (non-hydrogen) atoms. The molecule has 0 aliphatic carbocycles. The maximum Gasteiger partial charge on any atom is 0.119 e. The van der Waals surface area contributed by atoms with Crippen molar-refractivity contribution in [1.82, 2.24) is 0 Å². The molecule has 0 aliphatic heterocycles. The van der Waals surface area contributed by atoms with E-state index < -0.39 is 0 Å². The normalized spacial score (nSPS) is 9.60. The molecule has 1 aromatic carbocycles. The average Bonchev–Trinajstić information content (AvgIpc) is 2.30. The van der Waals surface area contributed by atoms with Gasteiger partial charge in [0.05, 0.1) is 18.2 Å². The Labute approximate surface area is 95.3 Å². The minimum atomic E-state index is 0.670. The van der Waals surface area contributed by atoms with Crippen LogP contribution in [0.5, 0.6) is 5.75 Å². The van der Waals surface area contributed by atoms with Crippen LogP contribution in [0.25, 0.3) is 0 Å². The van der Waals surface area contributed by atoms with E-state index in [1.165, 1.54) is 0 Å².